The molecule has 1 aromatic heterocycles. The van der Waals surface area contributed by atoms with Gasteiger partial charge in [-0.05, 0) is 30.5 Å². The van der Waals surface area contributed by atoms with Crippen LogP contribution in [0.5, 0.6) is 5.75 Å². The van der Waals surface area contributed by atoms with E-state index in [4.69, 9.17) is 4.42 Å². The van der Waals surface area contributed by atoms with E-state index in [-0.39, 0.29) is 11.4 Å². The SMILES string of the molecule is O=c1cc(CNC2CCCCC2)c2ccc(O)cc2o1. The van der Waals surface area contributed by atoms with E-state index in [1.165, 1.54) is 44.2 Å². The van der Waals surface area contributed by atoms with Crippen LogP contribution in [0.3, 0.4) is 0 Å². The third-order valence-corrected chi connectivity index (χ3v) is 4.00. The van der Waals surface area contributed by atoms with Gasteiger partial charge in [0.2, 0.25) is 0 Å². The minimum Gasteiger partial charge on any atom is -0.508 e. The van der Waals surface area contributed by atoms with Crippen LogP contribution in [0.2, 0.25) is 0 Å². The first-order chi connectivity index (χ1) is 9.72. The molecule has 0 spiro atoms. The van der Waals surface area contributed by atoms with Crippen LogP contribution in [0, 0.1) is 0 Å². The second kappa shape index (κ2) is 5.67. The van der Waals surface area contributed by atoms with Crippen LogP contribution in [0.1, 0.15) is 37.7 Å². The highest BCUT2D eigenvalue weighted by molar-refractivity contribution is 5.81. The number of fused-ring (bicyclic) bond motifs is 1. The predicted molar refractivity (Wildman–Crippen MR) is 77.9 cm³/mol. The highest BCUT2D eigenvalue weighted by Gasteiger charge is 2.13. The van der Waals surface area contributed by atoms with Gasteiger partial charge in [-0.25, -0.2) is 4.79 Å². The molecule has 4 nitrogen and oxygen atoms in total. The summed E-state index contributed by atoms with van der Waals surface area (Å²) in [5.41, 5.74) is 1.00. The molecule has 0 bridgehead atoms. The minimum absolute atomic E-state index is 0.109. The van der Waals surface area contributed by atoms with Gasteiger partial charge in [-0.1, -0.05) is 19.3 Å². The van der Waals surface area contributed by atoms with Crippen molar-refractivity contribution >= 4 is 11.0 Å². The first-order valence-electron chi connectivity index (χ1n) is 7.21. The summed E-state index contributed by atoms with van der Waals surface area (Å²) in [7, 11) is 0. The molecular formula is C16H19NO3. The molecule has 1 aromatic carbocycles. The molecule has 1 aliphatic carbocycles. The molecule has 1 fully saturated rings. The topological polar surface area (TPSA) is 62.5 Å². The van der Waals surface area contributed by atoms with Crippen molar-refractivity contribution in [2.45, 2.75) is 44.7 Å². The van der Waals surface area contributed by atoms with Crippen LogP contribution in [-0.4, -0.2) is 11.1 Å². The van der Waals surface area contributed by atoms with Gasteiger partial charge in [-0.2, -0.15) is 0 Å². The smallest absolute Gasteiger partial charge is 0.336 e. The second-order valence-corrected chi connectivity index (χ2v) is 5.49. The lowest BCUT2D eigenvalue weighted by Gasteiger charge is -2.23. The molecule has 4 heteroatoms. The lowest BCUT2D eigenvalue weighted by atomic mass is 9.95. The Kier molecular flexibility index (Phi) is 3.74. The van der Waals surface area contributed by atoms with Gasteiger partial charge in [-0.3, -0.25) is 0 Å². The van der Waals surface area contributed by atoms with Crippen LogP contribution < -0.4 is 10.9 Å². The van der Waals surface area contributed by atoms with E-state index < -0.39 is 0 Å². The normalized spacial score (nSPS) is 16.6. The Bertz CT molecular complexity index is 656. The van der Waals surface area contributed by atoms with Crippen LogP contribution in [-0.2, 0) is 6.54 Å². The van der Waals surface area contributed by atoms with Crippen molar-refractivity contribution in [2.24, 2.45) is 0 Å². The fourth-order valence-electron chi connectivity index (χ4n) is 2.93. The first kappa shape index (κ1) is 13.2. The molecule has 2 aromatic rings. The summed E-state index contributed by atoms with van der Waals surface area (Å²) >= 11 is 0. The largest absolute Gasteiger partial charge is 0.508 e. The third-order valence-electron chi connectivity index (χ3n) is 4.00. The molecule has 106 valence electrons. The van der Waals surface area contributed by atoms with Crippen LogP contribution in [0.15, 0.2) is 33.5 Å². The maximum absolute atomic E-state index is 11.6. The molecule has 0 amide bonds. The van der Waals surface area contributed by atoms with Crippen molar-refractivity contribution < 1.29 is 9.52 Å². The van der Waals surface area contributed by atoms with Gasteiger partial charge in [0.05, 0.1) is 0 Å². The van der Waals surface area contributed by atoms with Crippen LogP contribution >= 0.6 is 0 Å². The number of hydrogen-bond donors (Lipinski definition) is 2. The highest BCUT2D eigenvalue weighted by Crippen LogP contribution is 2.23. The average Bonchev–Trinajstić information content (AvgIpc) is 2.45. The van der Waals surface area contributed by atoms with E-state index in [1.54, 1.807) is 12.1 Å². The zero-order valence-corrected chi connectivity index (χ0v) is 11.4. The van der Waals surface area contributed by atoms with Gasteiger partial charge in [0, 0.05) is 30.1 Å². The lowest BCUT2D eigenvalue weighted by Crippen LogP contribution is -2.30. The quantitative estimate of drug-likeness (QED) is 0.844. The van der Waals surface area contributed by atoms with Gasteiger partial charge < -0.3 is 14.8 Å². The highest BCUT2D eigenvalue weighted by atomic mass is 16.4. The van der Waals surface area contributed by atoms with Crippen molar-refractivity contribution in [3.05, 3.63) is 40.2 Å². The minimum atomic E-state index is -0.372. The van der Waals surface area contributed by atoms with Gasteiger partial charge >= 0.3 is 5.63 Å². The van der Waals surface area contributed by atoms with Gasteiger partial charge in [-0.15, -0.1) is 0 Å². The van der Waals surface area contributed by atoms with Gasteiger partial charge in [0.25, 0.3) is 0 Å². The maximum Gasteiger partial charge on any atom is 0.336 e. The number of aromatic hydroxyl groups is 1. The molecule has 3 rings (SSSR count). The molecule has 20 heavy (non-hydrogen) atoms. The van der Waals surface area contributed by atoms with Crippen molar-refractivity contribution in [1.29, 1.82) is 0 Å². The second-order valence-electron chi connectivity index (χ2n) is 5.49. The van der Waals surface area contributed by atoms with E-state index in [9.17, 15) is 9.90 Å². The molecule has 1 aliphatic rings. The Morgan fingerprint density at radius 3 is 2.80 bits per heavy atom. The zero-order valence-electron chi connectivity index (χ0n) is 11.4. The maximum atomic E-state index is 11.6. The Morgan fingerprint density at radius 1 is 1.20 bits per heavy atom. The fourth-order valence-corrected chi connectivity index (χ4v) is 2.93. The monoisotopic (exact) mass is 273 g/mol. The third kappa shape index (κ3) is 2.85. The van der Waals surface area contributed by atoms with E-state index in [2.05, 4.69) is 5.32 Å². The number of benzene rings is 1. The molecule has 0 saturated heterocycles. The van der Waals surface area contributed by atoms with Crippen molar-refractivity contribution in [1.82, 2.24) is 5.32 Å². The molecule has 1 saturated carbocycles. The lowest BCUT2D eigenvalue weighted by molar-refractivity contribution is 0.372. The van der Waals surface area contributed by atoms with Crippen LogP contribution in [0.4, 0.5) is 0 Å². The summed E-state index contributed by atoms with van der Waals surface area (Å²) in [5, 5.41) is 13.9. The Balaban J connectivity index is 1.84. The fraction of sp³-hybridized carbons (Fsp3) is 0.438. The summed E-state index contributed by atoms with van der Waals surface area (Å²) in [5.74, 6) is 0.109. The van der Waals surface area contributed by atoms with E-state index in [0.717, 1.165) is 10.9 Å². The van der Waals surface area contributed by atoms with E-state index in [1.807, 2.05) is 0 Å². The summed E-state index contributed by atoms with van der Waals surface area (Å²) in [6, 6.07) is 6.98. The van der Waals surface area contributed by atoms with Crippen molar-refractivity contribution in [3.8, 4) is 5.75 Å². The summed E-state index contributed by atoms with van der Waals surface area (Å²) < 4.78 is 5.13. The number of phenolic OH excluding ortho intramolecular Hbond substituents is 1. The van der Waals surface area contributed by atoms with Gasteiger partial charge in [0.15, 0.2) is 0 Å². The molecule has 0 radical (unpaired) electrons. The number of nitrogens with one attached hydrogen (secondary N) is 1. The van der Waals surface area contributed by atoms with Crippen molar-refractivity contribution in [2.75, 3.05) is 0 Å². The Morgan fingerprint density at radius 2 is 2.00 bits per heavy atom. The Labute approximate surface area is 117 Å². The number of rotatable bonds is 3. The summed E-state index contributed by atoms with van der Waals surface area (Å²) in [6.07, 6.45) is 6.31. The van der Waals surface area contributed by atoms with Gasteiger partial charge in [0.1, 0.15) is 11.3 Å². The summed E-state index contributed by atoms with van der Waals surface area (Å²) in [6.45, 7) is 0.664. The molecule has 2 N–H and O–H groups in total. The molecule has 0 aliphatic heterocycles. The molecule has 0 atom stereocenters. The standard InChI is InChI=1S/C16H19NO3/c18-13-6-7-14-11(8-16(19)20-15(14)9-13)10-17-12-4-2-1-3-5-12/h6-9,12,17-18H,1-5,10H2. The molecule has 1 heterocycles. The Hall–Kier alpha value is -1.81. The predicted octanol–water partition coefficient (Wildman–Crippen LogP) is 2.92. The zero-order chi connectivity index (χ0) is 13.9. The van der Waals surface area contributed by atoms with Crippen molar-refractivity contribution in [3.63, 3.8) is 0 Å². The van der Waals surface area contributed by atoms with E-state index in [0.29, 0.717) is 18.2 Å². The summed E-state index contributed by atoms with van der Waals surface area (Å²) in [4.78, 5) is 11.6. The average molecular weight is 273 g/mol. The van der Waals surface area contributed by atoms with E-state index >= 15 is 0 Å². The molecular weight excluding hydrogens is 254 g/mol. The van der Waals surface area contributed by atoms with Crippen LogP contribution in [0.25, 0.3) is 11.0 Å². The first-order valence-corrected chi connectivity index (χ1v) is 7.21. The number of hydrogen-bond acceptors (Lipinski definition) is 4. The molecule has 0 unspecified atom stereocenters. The number of phenols is 1.